The number of benzene rings is 2. The molecule has 2 N–H and O–H groups in total. The number of amides is 1. The number of likely N-dealkylation sites (tertiary alicyclic amines) is 1. The lowest BCUT2D eigenvalue weighted by molar-refractivity contribution is 0.0746. The summed E-state index contributed by atoms with van der Waals surface area (Å²) in [6, 6.07) is 16.0. The molecule has 0 aliphatic carbocycles. The second-order valence-corrected chi connectivity index (χ2v) is 6.41. The predicted molar refractivity (Wildman–Crippen MR) is 95.2 cm³/mol. The predicted octanol–water partition coefficient (Wildman–Crippen LogP) is 3.17. The Hall–Kier alpha value is -2.33. The quantitative estimate of drug-likeness (QED) is 0.940. The summed E-state index contributed by atoms with van der Waals surface area (Å²) in [5.41, 5.74) is 8.65. The summed E-state index contributed by atoms with van der Waals surface area (Å²) in [6.07, 6.45) is 0.985. The number of hydrogen-bond acceptors (Lipinski definition) is 3. The summed E-state index contributed by atoms with van der Waals surface area (Å²) in [5.74, 6) is 1.33. The van der Waals surface area contributed by atoms with Crippen molar-refractivity contribution in [3.8, 4) is 5.75 Å². The maximum absolute atomic E-state index is 12.8. The third-order valence-corrected chi connectivity index (χ3v) is 4.86. The lowest BCUT2D eigenvalue weighted by atomic mass is 9.97. The van der Waals surface area contributed by atoms with E-state index in [0.29, 0.717) is 12.5 Å². The number of methoxy groups -OCH3 is 1. The van der Waals surface area contributed by atoms with Crippen LogP contribution in [0.3, 0.4) is 0 Å². The normalized spacial score (nSPS) is 20.2. The number of hydrogen-bond donors (Lipinski definition) is 1. The largest absolute Gasteiger partial charge is 0.497 e. The maximum atomic E-state index is 12.8. The molecule has 1 aliphatic rings. The summed E-state index contributed by atoms with van der Waals surface area (Å²) < 4.78 is 5.22. The lowest BCUT2D eigenvalue weighted by Crippen LogP contribution is -2.33. The van der Waals surface area contributed by atoms with E-state index < -0.39 is 0 Å². The molecule has 1 amide bonds. The number of carbonyl (C=O) groups excluding carboxylic acids is 1. The molecule has 0 spiro atoms. The van der Waals surface area contributed by atoms with E-state index in [1.54, 1.807) is 7.11 Å². The number of rotatable bonds is 4. The third kappa shape index (κ3) is 3.29. The monoisotopic (exact) mass is 324 g/mol. The van der Waals surface area contributed by atoms with E-state index in [1.807, 2.05) is 41.3 Å². The smallest absolute Gasteiger partial charge is 0.254 e. The van der Waals surface area contributed by atoms with Crippen molar-refractivity contribution in [2.45, 2.75) is 31.8 Å². The first-order valence-corrected chi connectivity index (χ1v) is 8.36. The molecule has 1 saturated heterocycles. The van der Waals surface area contributed by atoms with Crippen molar-refractivity contribution >= 4 is 5.91 Å². The van der Waals surface area contributed by atoms with Gasteiger partial charge in [0.2, 0.25) is 0 Å². The Labute approximate surface area is 143 Å². The number of carbonyl (C=O) groups is 1. The van der Waals surface area contributed by atoms with E-state index in [0.717, 1.165) is 29.8 Å². The van der Waals surface area contributed by atoms with Gasteiger partial charge < -0.3 is 15.4 Å². The Morgan fingerprint density at radius 2 is 1.83 bits per heavy atom. The molecule has 126 valence electrons. The second-order valence-electron chi connectivity index (χ2n) is 6.41. The molecule has 0 saturated carbocycles. The molecule has 2 unspecified atom stereocenters. The van der Waals surface area contributed by atoms with Crippen LogP contribution in [0.5, 0.6) is 5.75 Å². The minimum absolute atomic E-state index is 0.0992. The summed E-state index contributed by atoms with van der Waals surface area (Å²) in [7, 11) is 1.67. The van der Waals surface area contributed by atoms with Crippen molar-refractivity contribution < 1.29 is 9.53 Å². The van der Waals surface area contributed by atoms with Crippen molar-refractivity contribution in [1.29, 1.82) is 0 Å². The maximum Gasteiger partial charge on any atom is 0.254 e. The second kappa shape index (κ2) is 7.05. The van der Waals surface area contributed by atoms with Crippen LogP contribution < -0.4 is 10.5 Å². The third-order valence-electron chi connectivity index (χ3n) is 4.86. The van der Waals surface area contributed by atoms with Crippen LogP contribution in [-0.4, -0.2) is 30.5 Å². The van der Waals surface area contributed by atoms with Crippen LogP contribution in [0.1, 0.15) is 40.7 Å². The van der Waals surface area contributed by atoms with E-state index in [4.69, 9.17) is 10.5 Å². The van der Waals surface area contributed by atoms with Crippen LogP contribution in [0.4, 0.5) is 0 Å². The zero-order valence-corrected chi connectivity index (χ0v) is 14.2. The summed E-state index contributed by atoms with van der Waals surface area (Å²) in [4.78, 5) is 14.8. The molecule has 1 fully saturated rings. The average molecular weight is 324 g/mol. The van der Waals surface area contributed by atoms with Gasteiger partial charge in [0.15, 0.2) is 0 Å². The molecule has 4 nitrogen and oxygen atoms in total. The molecule has 24 heavy (non-hydrogen) atoms. The number of nitrogens with two attached hydrogens (primary N) is 1. The van der Waals surface area contributed by atoms with Crippen molar-refractivity contribution in [1.82, 2.24) is 4.90 Å². The highest BCUT2D eigenvalue weighted by Crippen LogP contribution is 2.33. The molecular weight excluding hydrogens is 300 g/mol. The highest BCUT2D eigenvalue weighted by atomic mass is 16.5. The van der Waals surface area contributed by atoms with Crippen molar-refractivity contribution in [3.05, 3.63) is 65.2 Å². The number of ether oxygens (including phenoxy) is 1. The summed E-state index contributed by atoms with van der Waals surface area (Å²) in [6.45, 7) is 3.37. The Morgan fingerprint density at radius 1 is 1.17 bits per heavy atom. The SMILES string of the molecule is COc1ccc(C2CC(C)N(C(=O)c3ccc(CN)cc3)C2)cc1. The topological polar surface area (TPSA) is 55.6 Å². The molecule has 1 aliphatic heterocycles. The van der Waals surface area contributed by atoms with Crippen molar-refractivity contribution in [2.75, 3.05) is 13.7 Å². The van der Waals surface area contributed by atoms with Crippen molar-refractivity contribution in [2.24, 2.45) is 5.73 Å². The number of nitrogens with zero attached hydrogens (tertiary/aromatic N) is 1. The van der Waals surface area contributed by atoms with Gasteiger partial charge in [0.1, 0.15) is 5.75 Å². The molecule has 4 heteroatoms. The Bertz CT molecular complexity index is 695. The van der Waals surface area contributed by atoms with Crippen LogP contribution in [0.2, 0.25) is 0 Å². The molecule has 2 aromatic carbocycles. The van der Waals surface area contributed by atoms with Crippen LogP contribution in [0.15, 0.2) is 48.5 Å². The van der Waals surface area contributed by atoms with Gasteiger partial charge in [-0.15, -0.1) is 0 Å². The van der Waals surface area contributed by atoms with Crippen LogP contribution in [0, 0.1) is 0 Å². The molecule has 0 bridgehead atoms. The Balaban J connectivity index is 1.73. The van der Waals surface area contributed by atoms with Crippen LogP contribution >= 0.6 is 0 Å². The first kappa shape index (κ1) is 16.5. The first-order chi connectivity index (χ1) is 11.6. The van der Waals surface area contributed by atoms with Crippen LogP contribution in [-0.2, 0) is 6.54 Å². The standard InChI is InChI=1S/C20H24N2O2/c1-14-11-18(16-7-9-19(24-2)10-8-16)13-22(14)20(23)17-5-3-15(12-21)4-6-17/h3-10,14,18H,11-13,21H2,1-2H3. The molecule has 2 aromatic rings. The zero-order chi connectivity index (χ0) is 17.1. The molecular formula is C20H24N2O2. The molecule has 0 aromatic heterocycles. The molecule has 1 heterocycles. The first-order valence-electron chi connectivity index (χ1n) is 8.36. The van der Waals surface area contributed by atoms with Gasteiger partial charge in [-0.3, -0.25) is 4.79 Å². The van der Waals surface area contributed by atoms with Gasteiger partial charge >= 0.3 is 0 Å². The Kier molecular flexibility index (Phi) is 4.86. The summed E-state index contributed by atoms with van der Waals surface area (Å²) >= 11 is 0. The zero-order valence-electron chi connectivity index (χ0n) is 14.2. The van der Waals surface area contributed by atoms with E-state index in [-0.39, 0.29) is 11.9 Å². The molecule has 2 atom stereocenters. The Morgan fingerprint density at radius 3 is 2.42 bits per heavy atom. The molecule has 3 rings (SSSR count). The van der Waals surface area contributed by atoms with Gasteiger partial charge in [0.25, 0.3) is 5.91 Å². The van der Waals surface area contributed by atoms with Gasteiger partial charge in [-0.2, -0.15) is 0 Å². The van der Waals surface area contributed by atoms with Gasteiger partial charge in [0.05, 0.1) is 7.11 Å². The van der Waals surface area contributed by atoms with E-state index in [9.17, 15) is 4.79 Å². The summed E-state index contributed by atoms with van der Waals surface area (Å²) in [5, 5.41) is 0. The molecule has 0 radical (unpaired) electrons. The minimum Gasteiger partial charge on any atom is -0.497 e. The minimum atomic E-state index is 0.0992. The fourth-order valence-electron chi connectivity index (χ4n) is 3.38. The average Bonchev–Trinajstić information content (AvgIpc) is 3.03. The lowest BCUT2D eigenvalue weighted by Gasteiger charge is -2.21. The fourth-order valence-corrected chi connectivity index (χ4v) is 3.38. The van der Waals surface area contributed by atoms with E-state index in [2.05, 4.69) is 19.1 Å². The van der Waals surface area contributed by atoms with Gasteiger partial charge in [-0.25, -0.2) is 0 Å². The van der Waals surface area contributed by atoms with Gasteiger partial charge in [-0.1, -0.05) is 24.3 Å². The highest BCUT2D eigenvalue weighted by Gasteiger charge is 2.33. The highest BCUT2D eigenvalue weighted by molar-refractivity contribution is 5.94. The van der Waals surface area contributed by atoms with E-state index in [1.165, 1.54) is 5.56 Å². The fraction of sp³-hybridized carbons (Fsp3) is 0.350. The van der Waals surface area contributed by atoms with E-state index >= 15 is 0 Å². The van der Waals surface area contributed by atoms with Gasteiger partial charge in [0, 0.05) is 30.6 Å². The van der Waals surface area contributed by atoms with Crippen LogP contribution in [0.25, 0.3) is 0 Å². The van der Waals surface area contributed by atoms with Crippen molar-refractivity contribution in [3.63, 3.8) is 0 Å². The van der Waals surface area contributed by atoms with Gasteiger partial charge in [-0.05, 0) is 48.7 Å².